The minimum absolute atomic E-state index is 0.181. The molecule has 0 saturated heterocycles. The zero-order valence-corrected chi connectivity index (χ0v) is 14.4. The monoisotopic (exact) mass is 345 g/mol. The molecule has 2 amide bonds. The summed E-state index contributed by atoms with van der Waals surface area (Å²) in [6, 6.07) is 18.4. The van der Waals surface area contributed by atoms with Gasteiger partial charge in [-0.3, -0.25) is 9.59 Å². The van der Waals surface area contributed by atoms with E-state index < -0.39 is 17.9 Å². The lowest BCUT2D eigenvalue weighted by Crippen LogP contribution is -2.45. The first-order chi connectivity index (χ1) is 12.5. The van der Waals surface area contributed by atoms with E-state index in [2.05, 4.69) is 11.4 Å². The third-order valence-electron chi connectivity index (χ3n) is 4.46. The zero-order valence-electron chi connectivity index (χ0n) is 14.4. The number of nitriles is 1. The predicted molar refractivity (Wildman–Crippen MR) is 101 cm³/mol. The Balaban J connectivity index is 2.09. The summed E-state index contributed by atoms with van der Waals surface area (Å²) in [5.41, 5.74) is 5.94. The van der Waals surface area contributed by atoms with Crippen LogP contribution in [0.4, 0.5) is 0 Å². The molecule has 5 heteroatoms. The number of rotatable bonds is 5. The van der Waals surface area contributed by atoms with Crippen LogP contribution in [0.15, 0.2) is 54.6 Å². The molecule has 3 rings (SSSR count). The highest BCUT2D eigenvalue weighted by molar-refractivity contribution is 6.18. The number of amides is 2. The number of carbonyl (C=O) groups is 2. The van der Waals surface area contributed by atoms with E-state index >= 15 is 0 Å². The molecule has 0 aliphatic rings. The number of nitrogens with zero attached hydrogens (tertiary/aromatic N) is 1. The molecule has 0 aliphatic heterocycles. The van der Waals surface area contributed by atoms with Crippen LogP contribution >= 0.6 is 0 Å². The standard InChI is InChI=1S/C21H19N3O2/c1-13(12-22)10-18(20(23)25)24-21(26)19-16-8-4-2-6-14(16)11-15-7-3-5-9-17(15)19/h2-9,11,13,18H,10H2,1H3,(H2,23,25)(H,24,26)/t13-,18+/m1/s1. The van der Waals surface area contributed by atoms with E-state index in [1.807, 2.05) is 54.6 Å². The number of primary amides is 1. The normalized spacial score (nSPS) is 13.1. The molecular formula is C21H19N3O2. The number of nitrogens with one attached hydrogen (secondary N) is 1. The molecule has 0 saturated carbocycles. The van der Waals surface area contributed by atoms with Crippen molar-refractivity contribution in [3.63, 3.8) is 0 Å². The first kappa shape index (κ1) is 17.4. The first-order valence-corrected chi connectivity index (χ1v) is 8.41. The van der Waals surface area contributed by atoms with E-state index in [4.69, 9.17) is 11.0 Å². The first-order valence-electron chi connectivity index (χ1n) is 8.41. The summed E-state index contributed by atoms with van der Waals surface area (Å²) in [7, 11) is 0. The van der Waals surface area contributed by atoms with Crippen LogP contribution in [0, 0.1) is 17.2 Å². The fourth-order valence-electron chi connectivity index (χ4n) is 3.14. The smallest absolute Gasteiger partial charge is 0.253 e. The molecule has 0 fully saturated rings. The molecule has 0 bridgehead atoms. The molecule has 3 aromatic carbocycles. The maximum absolute atomic E-state index is 13.1. The van der Waals surface area contributed by atoms with Gasteiger partial charge in [0.25, 0.3) is 5.91 Å². The third kappa shape index (κ3) is 3.35. The van der Waals surface area contributed by atoms with Crippen LogP contribution in [0.1, 0.15) is 23.7 Å². The maximum Gasteiger partial charge on any atom is 0.253 e. The van der Waals surface area contributed by atoms with Crippen molar-refractivity contribution in [2.45, 2.75) is 19.4 Å². The summed E-state index contributed by atoms with van der Waals surface area (Å²) >= 11 is 0. The van der Waals surface area contributed by atoms with Crippen LogP contribution in [0.25, 0.3) is 21.5 Å². The maximum atomic E-state index is 13.1. The van der Waals surface area contributed by atoms with Gasteiger partial charge in [-0.25, -0.2) is 0 Å². The average molecular weight is 345 g/mol. The quantitative estimate of drug-likeness (QED) is 0.695. The number of carbonyl (C=O) groups excluding carboxylic acids is 2. The summed E-state index contributed by atoms with van der Waals surface area (Å²) in [4.78, 5) is 24.8. The third-order valence-corrected chi connectivity index (χ3v) is 4.46. The Morgan fingerprint density at radius 2 is 1.62 bits per heavy atom. The van der Waals surface area contributed by atoms with Crippen molar-refractivity contribution < 1.29 is 9.59 Å². The number of fused-ring (bicyclic) bond motifs is 2. The summed E-state index contributed by atoms with van der Waals surface area (Å²) in [5.74, 6) is -1.41. The molecule has 130 valence electrons. The number of benzene rings is 3. The fourth-order valence-corrected chi connectivity index (χ4v) is 3.14. The van der Waals surface area contributed by atoms with Gasteiger partial charge < -0.3 is 11.1 Å². The van der Waals surface area contributed by atoms with Crippen molar-refractivity contribution in [3.05, 3.63) is 60.2 Å². The molecule has 3 N–H and O–H groups in total. The van der Waals surface area contributed by atoms with Crippen molar-refractivity contribution in [3.8, 4) is 6.07 Å². The van der Waals surface area contributed by atoms with Crippen molar-refractivity contribution in [1.29, 1.82) is 5.26 Å². The molecule has 0 spiro atoms. The molecule has 3 aromatic rings. The van der Waals surface area contributed by atoms with E-state index in [0.29, 0.717) is 5.56 Å². The second kappa shape index (κ2) is 7.24. The molecule has 0 radical (unpaired) electrons. The highest BCUT2D eigenvalue weighted by Crippen LogP contribution is 2.28. The highest BCUT2D eigenvalue weighted by atomic mass is 16.2. The Labute approximate surface area is 151 Å². The Bertz CT molecular complexity index is 982. The van der Waals surface area contributed by atoms with Crippen molar-refractivity contribution >= 4 is 33.4 Å². The largest absolute Gasteiger partial charge is 0.368 e. The minimum atomic E-state index is -0.894. The van der Waals surface area contributed by atoms with Gasteiger partial charge in [-0.1, -0.05) is 48.5 Å². The van der Waals surface area contributed by atoms with E-state index in [9.17, 15) is 9.59 Å². The molecule has 0 heterocycles. The Kier molecular flexibility index (Phi) is 4.85. The highest BCUT2D eigenvalue weighted by Gasteiger charge is 2.23. The van der Waals surface area contributed by atoms with Crippen LogP contribution in [-0.2, 0) is 4.79 Å². The van der Waals surface area contributed by atoms with Crippen LogP contribution in [0.3, 0.4) is 0 Å². The second-order valence-corrected chi connectivity index (χ2v) is 6.39. The SMILES string of the molecule is C[C@@H](C#N)C[C@H](NC(=O)c1c2ccccc2cc2ccccc12)C(N)=O. The molecule has 0 aromatic heterocycles. The molecule has 26 heavy (non-hydrogen) atoms. The summed E-state index contributed by atoms with van der Waals surface area (Å²) < 4.78 is 0. The zero-order chi connectivity index (χ0) is 18.7. The van der Waals surface area contributed by atoms with Gasteiger partial charge in [0.05, 0.1) is 11.6 Å². The minimum Gasteiger partial charge on any atom is -0.368 e. The lowest BCUT2D eigenvalue weighted by molar-refractivity contribution is -0.120. The fraction of sp³-hybridized carbons (Fsp3) is 0.190. The summed E-state index contributed by atoms with van der Waals surface area (Å²) in [6.07, 6.45) is 0.181. The van der Waals surface area contributed by atoms with Gasteiger partial charge in [0.15, 0.2) is 0 Å². The number of nitrogens with two attached hydrogens (primary N) is 1. The van der Waals surface area contributed by atoms with Gasteiger partial charge in [-0.2, -0.15) is 5.26 Å². The van der Waals surface area contributed by atoms with Gasteiger partial charge in [0, 0.05) is 5.92 Å². The van der Waals surface area contributed by atoms with Crippen LogP contribution in [0.2, 0.25) is 0 Å². The Morgan fingerprint density at radius 3 is 2.12 bits per heavy atom. The van der Waals surface area contributed by atoms with E-state index in [1.165, 1.54) is 0 Å². The Morgan fingerprint density at radius 1 is 1.08 bits per heavy atom. The molecule has 0 aliphatic carbocycles. The second-order valence-electron chi connectivity index (χ2n) is 6.39. The van der Waals surface area contributed by atoms with Gasteiger partial charge in [0.1, 0.15) is 6.04 Å². The molecular weight excluding hydrogens is 326 g/mol. The lowest BCUT2D eigenvalue weighted by atomic mass is 9.95. The topological polar surface area (TPSA) is 96.0 Å². The van der Waals surface area contributed by atoms with E-state index in [-0.39, 0.29) is 12.3 Å². The van der Waals surface area contributed by atoms with Gasteiger partial charge in [0.2, 0.25) is 5.91 Å². The number of hydrogen-bond acceptors (Lipinski definition) is 3. The predicted octanol–water partition coefficient (Wildman–Crippen LogP) is 3.13. The van der Waals surface area contributed by atoms with Crippen molar-refractivity contribution in [2.24, 2.45) is 11.7 Å². The van der Waals surface area contributed by atoms with Gasteiger partial charge in [-0.05, 0) is 41.0 Å². The summed E-state index contributed by atoms with van der Waals surface area (Å²) in [6.45, 7) is 1.69. The van der Waals surface area contributed by atoms with Crippen LogP contribution < -0.4 is 11.1 Å². The van der Waals surface area contributed by atoms with Crippen molar-refractivity contribution in [2.75, 3.05) is 0 Å². The molecule has 2 atom stereocenters. The molecule has 5 nitrogen and oxygen atoms in total. The van der Waals surface area contributed by atoms with Crippen LogP contribution in [0.5, 0.6) is 0 Å². The number of hydrogen-bond donors (Lipinski definition) is 2. The molecule has 0 unspecified atom stereocenters. The Hall–Kier alpha value is -3.39. The lowest BCUT2D eigenvalue weighted by Gasteiger charge is -2.18. The van der Waals surface area contributed by atoms with E-state index in [0.717, 1.165) is 21.5 Å². The van der Waals surface area contributed by atoms with Crippen LogP contribution in [-0.4, -0.2) is 17.9 Å². The van der Waals surface area contributed by atoms with Crippen molar-refractivity contribution in [1.82, 2.24) is 5.32 Å². The average Bonchev–Trinajstić information content (AvgIpc) is 2.65. The van der Waals surface area contributed by atoms with E-state index in [1.54, 1.807) is 6.92 Å². The summed E-state index contributed by atoms with van der Waals surface area (Å²) in [5, 5.41) is 15.2. The van der Waals surface area contributed by atoms with Gasteiger partial charge in [-0.15, -0.1) is 0 Å². The van der Waals surface area contributed by atoms with Gasteiger partial charge >= 0.3 is 0 Å².